The lowest BCUT2D eigenvalue weighted by molar-refractivity contribution is -0.123. The summed E-state index contributed by atoms with van der Waals surface area (Å²) < 4.78 is 0. The lowest BCUT2D eigenvalue weighted by Crippen LogP contribution is -2.54. The molecule has 7 heteroatoms. The summed E-state index contributed by atoms with van der Waals surface area (Å²) in [6.45, 7) is 13.2. The molecule has 1 amide bonds. The highest BCUT2D eigenvalue weighted by Gasteiger charge is 2.21. The number of halogens is 1. The van der Waals surface area contributed by atoms with Gasteiger partial charge in [-0.25, -0.2) is 0 Å². The van der Waals surface area contributed by atoms with Crippen molar-refractivity contribution in [3.8, 4) is 0 Å². The molecule has 0 bridgehead atoms. The zero-order chi connectivity index (χ0) is 19.8. The van der Waals surface area contributed by atoms with E-state index >= 15 is 0 Å². The maximum atomic E-state index is 11.9. The Balaban J connectivity index is 0.00000392. The summed E-state index contributed by atoms with van der Waals surface area (Å²) in [7, 11) is 1.83. The molecule has 0 aliphatic carbocycles. The molecule has 1 aliphatic heterocycles. The molecule has 1 unspecified atom stereocenters. The van der Waals surface area contributed by atoms with Crippen molar-refractivity contribution in [3.63, 3.8) is 0 Å². The van der Waals surface area contributed by atoms with Crippen LogP contribution in [0.1, 0.15) is 37.8 Å². The molecule has 2 rings (SSSR count). The molecule has 28 heavy (non-hydrogen) atoms. The van der Waals surface area contributed by atoms with Crippen LogP contribution >= 0.6 is 24.0 Å². The zero-order valence-corrected chi connectivity index (χ0v) is 20.2. The molecule has 0 saturated carbocycles. The van der Waals surface area contributed by atoms with Crippen LogP contribution in [-0.2, 0) is 4.79 Å². The van der Waals surface area contributed by atoms with E-state index < -0.39 is 0 Å². The van der Waals surface area contributed by atoms with Crippen molar-refractivity contribution in [1.82, 2.24) is 20.4 Å². The standard InChI is InChI=1S/C21H35N5O.HI/c1-16(2)24-20(27)15-25-10-12-26(13-11-25)21(22-5)23-14-18(4)19-8-6-17(3)7-9-19;/h6-9,16,18H,10-15H2,1-5H3,(H,22,23)(H,24,27);1H. The first-order chi connectivity index (χ1) is 12.9. The summed E-state index contributed by atoms with van der Waals surface area (Å²) in [4.78, 5) is 20.9. The van der Waals surface area contributed by atoms with Crippen LogP contribution in [0.4, 0.5) is 0 Å². The van der Waals surface area contributed by atoms with Crippen LogP contribution in [0.5, 0.6) is 0 Å². The van der Waals surface area contributed by atoms with E-state index in [-0.39, 0.29) is 35.9 Å². The van der Waals surface area contributed by atoms with Gasteiger partial charge in [0.1, 0.15) is 0 Å². The van der Waals surface area contributed by atoms with E-state index in [1.165, 1.54) is 11.1 Å². The molecule has 1 aliphatic rings. The van der Waals surface area contributed by atoms with Gasteiger partial charge in [-0.15, -0.1) is 24.0 Å². The molecule has 6 nitrogen and oxygen atoms in total. The number of piperazine rings is 1. The molecule has 1 atom stereocenters. The second-order valence-corrected chi connectivity index (χ2v) is 7.73. The predicted octanol–water partition coefficient (Wildman–Crippen LogP) is 2.43. The Kier molecular flexibility index (Phi) is 10.8. The van der Waals surface area contributed by atoms with Gasteiger partial charge in [-0.3, -0.25) is 14.7 Å². The number of hydrogen-bond acceptors (Lipinski definition) is 3. The fraction of sp³-hybridized carbons (Fsp3) is 0.619. The van der Waals surface area contributed by atoms with Crippen LogP contribution in [0.3, 0.4) is 0 Å². The molecule has 0 spiro atoms. The number of nitrogens with one attached hydrogen (secondary N) is 2. The van der Waals surface area contributed by atoms with Gasteiger partial charge >= 0.3 is 0 Å². The van der Waals surface area contributed by atoms with Crippen LogP contribution in [0.25, 0.3) is 0 Å². The van der Waals surface area contributed by atoms with Crippen LogP contribution in [0.2, 0.25) is 0 Å². The first-order valence-electron chi connectivity index (χ1n) is 9.93. The predicted molar refractivity (Wildman–Crippen MR) is 128 cm³/mol. The third-order valence-corrected chi connectivity index (χ3v) is 4.91. The number of carbonyl (C=O) groups excluding carboxylic acids is 1. The van der Waals surface area contributed by atoms with Gasteiger partial charge in [0.25, 0.3) is 0 Å². The minimum absolute atomic E-state index is 0. The maximum absolute atomic E-state index is 11.9. The van der Waals surface area contributed by atoms with Gasteiger partial charge in [0.15, 0.2) is 5.96 Å². The van der Waals surface area contributed by atoms with E-state index in [1.807, 2.05) is 20.9 Å². The largest absolute Gasteiger partial charge is 0.356 e. The fourth-order valence-corrected chi connectivity index (χ4v) is 3.28. The Hall–Kier alpha value is -1.35. The molecule has 1 aromatic carbocycles. The lowest BCUT2D eigenvalue weighted by Gasteiger charge is -2.36. The normalized spacial score (nSPS) is 16.5. The molecule has 1 aromatic rings. The van der Waals surface area contributed by atoms with Crippen LogP contribution in [0.15, 0.2) is 29.3 Å². The third-order valence-electron chi connectivity index (χ3n) is 4.91. The smallest absolute Gasteiger partial charge is 0.234 e. The topological polar surface area (TPSA) is 60.0 Å². The Morgan fingerprint density at radius 2 is 1.71 bits per heavy atom. The Morgan fingerprint density at radius 1 is 1.11 bits per heavy atom. The molecule has 1 saturated heterocycles. The van der Waals surface area contributed by atoms with E-state index in [0.717, 1.165) is 38.7 Å². The van der Waals surface area contributed by atoms with Gasteiger partial charge in [-0.2, -0.15) is 0 Å². The average Bonchev–Trinajstić information content (AvgIpc) is 2.63. The van der Waals surface area contributed by atoms with E-state index in [0.29, 0.717) is 12.5 Å². The molecule has 0 radical (unpaired) electrons. The maximum Gasteiger partial charge on any atom is 0.234 e. The number of aliphatic imine (C=N–C) groups is 1. The number of benzene rings is 1. The van der Waals surface area contributed by atoms with Crippen LogP contribution in [0, 0.1) is 6.92 Å². The number of amides is 1. The van der Waals surface area contributed by atoms with Gasteiger partial charge in [-0.05, 0) is 32.3 Å². The van der Waals surface area contributed by atoms with Crippen LogP contribution in [-0.4, -0.2) is 74.0 Å². The molecular weight excluding hydrogens is 465 g/mol. The SMILES string of the molecule is CN=C(NCC(C)c1ccc(C)cc1)N1CCN(CC(=O)NC(C)C)CC1.I. The van der Waals surface area contributed by atoms with Crippen molar-refractivity contribution >= 4 is 35.8 Å². The minimum Gasteiger partial charge on any atom is -0.356 e. The van der Waals surface area contributed by atoms with Crippen molar-refractivity contribution < 1.29 is 4.79 Å². The number of nitrogens with zero attached hydrogens (tertiary/aromatic N) is 3. The summed E-state index contributed by atoms with van der Waals surface area (Å²) in [5, 5.41) is 6.47. The monoisotopic (exact) mass is 501 g/mol. The van der Waals surface area contributed by atoms with Crippen molar-refractivity contribution in [3.05, 3.63) is 35.4 Å². The number of carbonyl (C=O) groups is 1. The molecule has 1 heterocycles. The summed E-state index contributed by atoms with van der Waals surface area (Å²) in [5.41, 5.74) is 2.62. The van der Waals surface area contributed by atoms with E-state index in [4.69, 9.17) is 0 Å². The number of aryl methyl sites for hydroxylation is 1. The highest BCUT2D eigenvalue weighted by atomic mass is 127. The summed E-state index contributed by atoms with van der Waals surface area (Å²) >= 11 is 0. The molecule has 2 N–H and O–H groups in total. The van der Waals surface area contributed by atoms with Crippen molar-refractivity contribution in [2.24, 2.45) is 4.99 Å². The average molecular weight is 501 g/mol. The van der Waals surface area contributed by atoms with Gasteiger partial charge < -0.3 is 15.5 Å². The van der Waals surface area contributed by atoms with Crippen LogP contribution < -0.4 is 10.6 Å². The first kappa shape index (κ1) is 24.7. The second-order valence-electron chi connectivity index (χ2n) is 7.73. The molecular formula is C21H36IN5O. The lowest BCUT2D eigenvalue weighted by atomic mass is 10.0. The number of hydrogen-bond donors (Lipinski definition) is 2. The van der Waals surface area contributed by atoms with Gasteiger partial charge in [0, 0.05) is 45.8 Å². The molecule has 0 aromatic heterocycles. The Morgan fingerprint density at radius 3 is 2.25 bits per heavy atom. The Bertz CT molecular complexity index is 624. The first-order valence-corrected chi connectivity index (χ1v) is 9.93. The summed E-state index contributed by atoms with van der Waals surface area (Å²) in [6.07, 6.45) is 0. The summed E-state index contributed by atoms with van der Waals surface area (Å²) in [6, 6.07) is 8.92. The zero-order valence-electron chi connectivity index (χ0n) is 17.9. The van der Waals surface area contributed by atoms with Gasteiger partial charge in [0.05, 0.1) is 6.54 Å². The highest BCUT2D eigenvalue weighted by Crippen LogP contribution is 2.15. The summed E-state index contributed by atoms with van der Waals surface area (Å²) in [5.74, 6) is 1.47. The van der Waals surface area contributed by atoms with Gasteiger partial charge in [0.2, 0.25) is 5.91 Å². The molecule has 158 valence electrons. The van der Waals surface area contributed by atoms with E-state index in [2.05, 4.69) is 63.5 Å². The van der Waals surface area contributed by atoms with E-state index in [9.17, 15) is 4.79 Å². The number of guanidine groups is 1. The number of rotatable bonds is 6. The quantitative estimate of drug-likeness (QED) is 0.357. The second kappa shape index (κ2) is 12.3. The molecule has 1 fully saturated rings. The minimum atomic E-state index is 0. The van der Waals surface area contributed by atoms with E-state index in [1.54, 1.807) is 0 Å². The van der Waals surface area contributed by atoms with Gasteiger partial charge in [-0.1, -0.05) is 36.8 Å². The van der Waals surface area contributed by atoms with Crippen molar-refractivity contribution in [2.45, 2.75) is 39.7 Å². The van der Waals surface area contributed by atoms with Crippen molar-refractivity contribution in [2.75, 3.05) is 46.3 Å². The highest BCUT2D eigenvalue weighted by molar-refractivity contribution is 14.0. The van der Waals surface area contributed by atoms with Crippen molar-refractivity contribution in [1.29, 1.82) is 0 Å². The third kappa shape index (κ3) is 7.95. The fourth-order valence-electron chi connectivity index (χ4n) is 3.28. The Labute approximate surface area is 187 Å².